The molecule has 0 bridgehead atoms. The average molecular weight is 300 g/mol. The number of carbonyl (C=O) groups is 1. The topological polar surface area (TPSA) is 40.5 Å². The number of nitrogens with zero attached hydrogens (tertiary/aromatic N) is 1. The highest BCUT2D eigenvalue weighted by Crippen LogP contribution is 2.28. The Morgan fingerprint density at radius 3 is 2.63 bits per heavy atom. The summed E-state index contributed by atoms with van der Waals surface area (Å²) in [6, 6.07) is 7.47. The summed E-state index contributed by atoms with van der Waals surface area (Å²) in [5, 5.41) is 10.4. The number of likely N-dealkylation sites (tertiary alicyclic amines) is 1. The maximum absolute atomic E-state index is 12.3. The van der Waals surface area contributed by atoms with Gasteiger partial charge in [-0.25, -0.2) is 0 Å². The summed E-state index contributed by atoms with van der Waals surface area (Å²) in [5.41, 5.74) is -0.736. The van der Waals surface area contributed by atoms with Crippen LogP contribution in [0.2, 0.25) is 5.02 Å². The molecule has 2 atom stereocenters. The van der Waals surface area contributed by atoms with E-state index in [-0.39, 0.29) is 11.2 Å². The molecule has 2 rings (SSSR count). The van der Waals surface area contributed by atoms with Crippen LogP contribution in [0.1, 0.15) is 20.3 Å². The van der Waals surface area contributed by atoms with E-state index in [4.69, 9.17) is 11.6 Å². The first kappa shape index (κ1) is 14.7. The van der Waals surface area contributed by atoms with Gasteiger partial charge >= 0.3 is 0 Å². The number of halogens is 1. The van der Waals surface area contributed by atoms with E-state index in [0.717, 1.165) is 4.90 Å². The molecule has 2 unspecified atom stereocenters. The van der Waals surface area contributed by atoms with E-state index in [1.807, 2.05) is 31.2 Å². The average Bonchev–Trinajstić information content (AvgIpc) is 2.71. The minimum absolute atomic E-state index is 0.0812. The molecular formula is C14H18ClNO2S. The standard InChI is InChI=1S/C14H18ClNO2S/c1-10(19-12-5-3-11(15)4-6-12)13(17)16-8-7-14(2,18)9-16/h3-6,10,18H,7-9H2,1-2H3. The van der Waals surface area contributed by atoms with Gasteiger partial charge in [-0.3, -0.25) is 4.79 Å². The molecule has 1 aliphatic heterocycles. The highest BCUT2D eigenvalue weighted by atomic mass is 35.5. The van der Waals surface area contributed by atoms with E-state index < -0.39 is 5.60 Å². The maximum atomic E-state index is 12.3. The highest BCUT2D eigenvalue weighted by molar-refractivity contribution is 8.00. The molecule has 1 aromatic rings. The third-order valence-electron chi connectivity index (χ3n) is 3.24. The summed E-state index contributed by atoms with van der Waals surface area (Å²) in [6.45, 7) is 4.74. The van der Waals surface area contributed by atoms with Crippen LogP contribution in [0.3, 0.4) is 0 Å². The van der Waals surface area contributed by atoms with Gasteiger partial charge in [-0.2, -0.15) is 0 Å². The van der Waals surface area contributed by atoms with Gasteiger partial charge in [0.1, 0.15) is 0 Å². The molecule has 0 aromatic heterocycles. The molecule has 1 N–H and O–H groups in total. The van der Waals surface area contributed by atoms with E-state index in [1.54, 1.807) is 11.8 Å². The van der Waals surface area contributed by atoms with E-state index in [1.165, 1.54) is 11.8 Å². The van der Waals surface area contributed by atoms with Crippen molar-refractivity contribution in [1.29, 1.82) is 0 Å². The molecule has 0 spiro atoms. The Morgan fingerprint density at radius 1 is 1.47 bits per heavy atom. The Kier molecular flexibility index (Phi) is 4.43. The monoisotopic (exact) mass is 299 g/mol. The van der Waals surface area contributed by atoms with Crippen LogP contribution in [0.4, 0.5) is 0 Å². The Hall–Kier alpha value is -0.710. The molecule has 0 saturated carbocycles. The van der Waals surface area contributed by atoms with Gasteiger partial charge in [0, 0.05) is 23.0 Å². The molecule has 104 valence electrons. The van der Waals surface area contributed by atoms with Crippen LogP contribution >= 0.6 is 23.4 Å². The molecular weight excluding hydrogens is 282 g/mol. The molecule has 1 amide bonds. The third kappa shape index (κ3) is 3.88. The van der Waals surface area contributed by atoms with E-state index in [2.05, 4.69) is 0 Å². The number of carbonyl (C=O) groups excluding carboxylic acids is 1. The number of aliphatic hydroxyl groups is 1. The molecule has 5 heteroatoms. The summed E-state index contributed by atoms with van der Waals surface area (Å²) < 4.78 is 0. The Balaban J connectivity index is 1.94. The van der Waals surface area contributed by atoms with Gasteiger partial charge in [-0.1, -0.05) is 11.6 Å². The van der Waals surface area contributed by atoms with Crippen molar-refractivity contribution < 1.29 is 9.90 Å². The maximum Gasteiger partial charge on any atom is 0.235 e. The second-order valence-corrected chi connectivity index (χ2v) is 7.07. The molecule has 0 radical (unpaired) electrons. The van der Waals surface area contributed by atoms with Crippen molar-refractivity contribution in [2.75, 3.05) is 13.1 Å². The van der Waals surface area contributed by atoms with Gasteiger partial charge in [-0.05, 0) is 44.5 Å². The fourth-order valence-corrected chi connectivity index (χ4v) is 3.24. The zero-order valence-electron chi connectivity index (χ0n) is 11.1. The SMILES string of the molecule is CC(Sc1ccc(Cl)cc1)C(=O)N1CCC(C)(O)C1. The largest absolute Gasteiger partial charge is 0.388 e. The summed E-state index contributed by atoms with van der Waals surface area (Å²) in [6.07, 6.45) is 0.650. The summed E-state index contributed by atoms with van der Waals surface area (Å²) in [4.78, 5) is 15.0. The highest BCUT2D eigenvalue weighted by Gasteiger charge is 2.35. The Bertz CT molecular complexity index is 461. The van der Waals surface area contributed by atoms with E-state index >= 15 is 0 Å². The summed E-state index contributed by atoms with van der Waals surface area (Å²) >= 11 is 7.35. The quantitative estimate of drug-likeness (QED) is 0.873. The first-order chi connectivity index (χ1) is 8.87. The minimum Gasteiger partial charge on any atom is -0.388 e. The molecule has 1 fully saturated rings. The lowest BCUT2D eigenvalue weighted by molar-refractivity contribution is -0.130. The zero-order valence-corrected chi connectivity index (χ0v) is 12.7. The van der Waals surface area contributed by atoms with Crippen LogP contribution in [0, 0.1) is 0 Å². The first-order valence-corrected chi connectivity index (χ1v) is 7.56. The number of rotatable bonds is 3. The lowest BCUT2D eigenvalue weighted by Gasteiger charge is -2.22. The molecule has 1 saturated heterocycles. The number of benzene rings is 1. The van der Waals surface area contributed by atoms with Gasteiger partial charge in [0.2, 0.25) is 5.91 Å². The number of thioether (sulfide) groups is 1. The predicted molar refractivity (Wildman–Crippen MR) is 78.6 cm³/mol. The van der Waals surface area contributed by atoms with Crippen LogP contribution in [0.15, 0.2) is 29.2 Å². The smallest absolute Gasteiger partial charge is 0.235 e. The Labute approximate surface area is 122 Å². The summed E-state index contributed by atoms with van der Waals surface area (Å²) in [5.74, 6) is 0.0812. The second-order valence-electron chi connectivity index (χ2n) is 5.22. The van der Waals surface area contributed by atoms with Crippen molar-refractivity contribution >= 4 is 29.3 Å². The number of amides is 1. The lowest BCUT2D eigenvalue weighted by atomic mass is 10.1. The number of hydrogen-bond acceptors (Lipinski definition) is 3. The van der Waals surface area contributed by atoms with Crippen LogP contribution < -0.4 is 0 Å². The number of β-amino-alcohol motifs (C(OH)–C–C–N with tert-alkyl or cyclic N) is 1. The molecule has 0 aliphatic carbocycles. The van der Waals surface area contributed by atoms with Crippen LogP contribution in [0.25, 0.3) is 0 Å². The lowest BCUT2D eigenvalue weighted by Crippen LogP contribution is -2.37. The van der Waals surface area contributed by atoms with Crippen LogP contribution in [-0.4, -0.2) is 39.9 Å². The van der Waals surface area contributed by atoms with E-state index in [9.17, 15) is 9.90 Å². The fraction of sp³-hybridized carbons (Fsp3) is 0.500. The first-order valence-electron chi connectivity index (χ1n) is 6.31. The summed E-state index contributed by atoms with van der Waals surface area (Å²) in [7, 11) is 0. The van der Waals surface area contributed by atoms with Gasteiger partial charge < -0.3 is 10.0 Å². The molecule has 1 aliphatic rings. The predicted octanol–water partition coefficient (Wildman–Crippen LogP) is 2.80. The van der Waals surface area contributed by atoms with Crippen LogP contribution in [-0.2, 0) is 4.79 Å². The van der Waals surface area contributed by atoms with Crippen molar-refractivity contribution in [2.24, 2.45) is 0 Å². The van der Waals surface area contributed by atoms with Gasteiger partial charge in [0.15, 0.2) is 0 Å². The molecule has 3 nitrogen and oxygen atoms in total. The zero-order chi connectivity index (χ0) is 14.0. The van der Waals surface area contributed by atoms with Crippen molar-refractivity contribution in [3.8, 4) is 0 Å². The van der Waals surface area contributed by atoms with Crippen molar-refractivity contribution in [2.45, 2.75) is 36.0 Å². The van der Waals surface area contributed by atoms with Gasteiger partial charge in [-0.15, -0.1) is 11.8 Å². The van der Waals surface area contributed by atoms with Crippen molar-refractivity contribution in [1.82, 2.24) is 4.90 Å². The normalized spacial score (nSPS) is 24.5. The van der Waals surface area contributed by atoms with Crippen LogP contribution in [0.5, 0.6) is 0 Å². The van der Waals surface area contributed by atoms with E-state index in [0.29, 0.717) is 24.5 Å². The van der Waals surface area contributed by atoms with Gasteiger partial charge in [0.25, 0.3) is 0 Å². The number of hydrogen-bond donors (Lipinski definition) is 1. The Morgan fingerprint density at radius 2 is 2.11 bits per heavy atom. The third-order valence-corrected chi connectivity index (χ3v) is 4.59. The molecule has 19 heavy (non-hydrogen) atoms. The molecule has 1 heterocycles. The second kappa shape index (κ2) is 5.73. The van der Waals surface area contributed by atoms with Gasteiger partial charge in [0.05, 0.1) is 10.9 Å². The van der Waals surface area contributed by atoms with Crippen molar-refractivity contribution in [3.63, 3.8) is 0 Å². The van der Waals surface area contributed by atoms with Crippen molar-refractivity contribution in [3.05, 3.63) is 29.3 Å². The molecule has 1 aromatic carbocycles. The minimum atomic E-state index is -0.736. The fourth-order valence-electron chi connectivity index (χ4n) is 2.16.